The highest BCUT2D eigenvalue weighted by atomic mass is 35.5. The average Bonchev–Trinajstić information content (AvgIpc) is 3.19. The molecule has 2 heterocycles. The maximum atomic E-state index is 12.8. The van der Waals surface area contributed by atoms with Gasteiger partial charge in [-0.25, -0.2) is 4.68 Å². The molecule has 1 aliphatic heterocycles. The summed E-state index contributed by atoms with van der Waals surface area (Å²) < 4.78 is 1.41. The first-order valence-corrected chi connectivity index (χ1v) is 9.90. The standard InChI is InChI=1S/C19H18ClN5OS/c1-12-10-14-4-2-3-5-16(14)24(12)17(26)11-27-19-23-22-18(25(19)21)13-6-8-15(20)9-7-13/h2-9,12H,10-11,21H2,1H3. The summed E-state index contributed by atoms with van der Waals surface area (Å²) in [5.41, 5.74) is 3.01. The lowest BCUT2D eigenvalue weighted by molar-refractivity contribution is -0.116. The second-order valence-corrected chi connectivity index (χ2v) is 7.80. The summed E-state index contributed by atoms with van der Waals surface area (Å²) >= 11 is 7.20. The van der Waals surface area contributed by atoms with Crippen LogP contribution in [0.3, 0.4) is 0 Å². The monoisotopic (exact) mass is 399 g/mol. The molecule has 2 N–H and O–H groups in total. The maximum Gasteiger partial charge on any atom is 0.237 e. The molecule has 138 valence electrons. The van der Waals surface area contributed by atoms with Crippen LogP contribution < -0.4 is 10.7 Å². The number of nitrogens with two attached hydrogens (primary N) is 1. The van der Waals surface area contributed by atoms with Crippen molar-refractivity contribution in [3.63, 3.8) is 0 Å². The molecule has 6 nitrogen and oxygen atoms in total. The smallest absolute Gasteiger partial charge is 0.237 e. The molecule has 4 rings (SSSR count). The molecule has 1 amide bonds. The third-order valence-corrected chi connectivity index (χ3v) is 5.75. The minimum Gasteiger partial charge on any atom is -0.335 e. The van der Waals surface area contributed by atoms with Crippen molar-refractivity contribution in [3.05, 3.63) is 59.1 Å². The van der Waals surface area contributed by atoms with E-state index in [-0.39, 0.29) is 17.7 Å². The number of fused-ring (bicyclic) bond motifs is 1. The van der Waals surface area contributed by atoms with Gasteiger partial charge in [0.15, 0.2) is 5.82 Å². The fraction of sp³-hybridized carbons (Fsp3) is 0.211. The molecule has 0 saturated carbocycles. The number of anilines is 1. The molecule has 0 fully saturated rings. The molecule has 0 radical (unpaired) electrons. The van der Waals surface area contributed by atoms with Crippen LogP contribution in [0.15, 0.2) is 53.7 Å². The van der Waals surface area contributed by atoms with Gasteiger partial charge in [-0.05, 0) is 49.2 Å². The van der Waals surface area contributed by atoms with Crippen LogP contribution in [-0.4, -0.2) is 32.6 Å². The number of halogens is 1. The van der Waals surface area contributed by atoms with Crippen molar-refractivity contribution >= 4 is 35.0 Å². The van der Waals surface area contributed by atoms with E-state index in [0.29, 0.717) is 16.0 Å². The zero-order chi connectivity index (χ0) is 19.0. The molecule has 1 unspecified atom stereocenters. The van der Waals surface area contributed by atoms with E-state index >= 15 is 0 Å². The Bertz CT molecular complexity index is 988. The Morgan fingerprint density at radius 2 is 1.96 bits per heavy atom. The van der Waals surface area contributed by atoms with Gasteiger partial charge in [-0.1, -0.05) is 41.6 Å². The number of hydrogen-bond donors (Lipinski definition) is 1. The van der Waals surface area contributed by atoms with Gasteiger partial charge in [0, 0.05) is 22.3 Å². The number of aromatic nitrogens is 3. The Morgan fingerprint density at radius 3 is 2.74 bits per heavy atom. The van der Waals surface area contributed by atoms with Crippen LogP contribution in [0.1, 0.15) is 12.5 Å². The van der Waals surface area contributed by atoms with Crippen molar-refractivity contribution in [1.29, 1.82) is 0 Å². The summed E-state index contributed by atoms with van der Waals surface area (Å²) in [6.45, 7) is 2.06. The summed E-state index contributed by atoms with van der Waals surface area (Å²) in [5.74, 6) is 6.94. The number of amides is 1. The number of benzene rings is 2. The van der Waals surface area contributed by atoms with Gasteiger partial charge in [0.2, 0.25) is 11.1 Å². The van der Waals surface area contributed by atoms with Crippen molar-refractivity contribution < 1.29 is 4.79 Å². The molecule has 0 saturated heterocycles. The topological polar surface area (TPSA) is 77.0 Å². The minimum atomic E-state index is 0.0356. The van der Waals surface area contributed by atoms with E-state index < -0.39 is 0 Å². The Labute approximate surface area is 166 Å². The van der Waals surface area contributed by atoms with Gasteiger partial charge in [-0.2, -0.15) is 0 Å². The highest BCUT2D eigenvalue weighted by molar-refractivity contribution is 7.99. The summed E-state index contributed by atoms with van der Waals surface area (Å²) in [7, 11) is 0. The fourth-order valence-electron chi connectivity index (χ4n) is 3.31. The SMILES string of the molecule is CC1Cc2ccccc2N1C(=O)CSc1nnc(-c2ccc(Cl)cc2)n1N. The maximum absolute atomic E-state index is 12.8. The lowest BCUT2D eigenvalue weighted by Gasteiger charge is -2.22. The van der Waals surface area contributed by atoms with Crippen molar-refractivity contribution in [2.75, 3.05) is 16.5 Å². The molecule has 2 aromatic carbocycles. The van der Waals surface area contributed by atoms with Crippen LogP contribution in [0.25, 0.3) is 11.4 Å². The third kappa shape index (κ3) is 3.40. The Kier molecular flexibility index (Phi) is 4.80. The number of hydrogen-bond acceptors (Lipinski definition) is 5. The van der Waals surface area contributed by atoms with Crippen LogP contribution >= 0.6 is 23.4 Å². The molecular formula is C19H18ClN5OS. The Balaban J connectivity index is 1.48. The van der Waals surface area contributed by atoms with Crippen molar-refractivity contribution in [1.82, 2.24) is 14.9 Å². The normalized spacial score (nSPS) is 15.8. The lowest BCUT2D eigenvalue weighted by Crippen LogP contribution is -2.37. The van der Waals surface area contributed by atoms with E-state index in [2.05, 4.69) is 23.2 Å². The Morgan fingerprint density at radius 1 is 1.22 bits per heavy atom. The average molecular weight is 400 g/mol. The number of carbonyl (C=O) groups excluding carboxylic acids is 1. The lowest BCUT2D eigenvalue weighted by atomic mass is 10.1. The predicted molar refractivity (Wildman–Crippen MR) is 108 cm³/mol. The van der Waals surface area contributed by atoms with Gasteiger partial charge >= 0.3 is 0 Å². The van der Waals surface area contributed by atoms with E-state index in [0.717, 1.165) is 17.7 Å². The van der Waals surface area contributed by atoms with Gasteiger partial charge < -0.3 is 10.7 Å². The van der Waals surface area contributed by atoms with Gasteiger partial charge in [-0.15, -0.1) is 10.2 Å². The Hall–Kier alpha value is -2.51. The van der Waals surface area contributed by atoms with Crippen molar-refractivity contribution in [3.8, 4) is 11.4 Å². The second kappa shape index (κ2) is 7.25. The van der Waals surface area contributed by atoms with E-state index in [4.69, 9.17) is 17.4 Å². The molecule has 1 atom stereocenters. The number of rotatable bonds is 4. The summed E-state index contributed by atoms with van der Waals surface area (Å²) in [5, 5.41) is 9.40. The van der Waals surface area contributed by atoms with Crippen molar-refractivity contribution in [2.24, 2.45) is 0 Å². The minimum absolute atomic E-state index is 0.0356. The number of nitrogens with zero attached hydrogens (tertiary/aromatic N) is 4. The van der Waals surface area contributed by atoms with Crippen LogP contribution in [0, 0.1) is 0 Å². The van der Waals surface area contributed by atoms with Crippen molar-refractivity contribution in [2.45, 2.75) is 24.5 Å². The van der Waals surface area contributed by atoms with E-state index in [1.165, 1.54) is 22.0 Å². The largest absolute Gasteiger partial charge is 0.335 e. The quantitative estimate of drug-likeness (QED) is 0.537. The molecular weight excluding hydrogens is 382 g/mol. The van der Waals surface area contributed by atoms with Crippen LogP contribution in [0.4, 0.5) is 5.69 Å². The fourth-order valence-corrected chi connectivity index (χ4v) is 4.15. The van der Waals surface area contributed by atoms with Crippen LogP contribution in [0.5, 0.6) is 0 Å². The first-order chi connectivity index (χ1) is 13.0. The van der Waals surface area contributed by atoms with Gasteiger partial charge in [0.05, 0.1) is 5.75 Å². The number of thioether (sulfide) groups is 1. The van der Waals surface area contributed by atoms with E-state index in [1.54, 1.807) is 12.1 Å². The van der Waals surface area contributed by atoms with Crippen LogP contribution in [-0.2, 0) is 11.2 Å². The zero-order valence-corrected chi connectivity index (χ0v) is 16.2. The molecule has 0 aliphatic carbocycles. The molecule has 1 aliphatic rings. The van der Waals surface area contributed by atoms with E-state index in [9.17, 15) is 4.79 Å². The highest BCUT2D eigenvalue weighted by Gasteiger charge is 2.30. The predicted octanol–water partition coefficient (Wildman–Crippen LogP) is 3.38. The summed E-state index contributed by atoms with van der Waals surface area (Å²) in [6, 6.07) is 15.4. The van der Waals surface area contributed by atoms with E-state index in [1.807, 2.05) is 35.2 Å². The molecule has 3 aromatic rings. The third-order valence-electron chi connectivity index (χ3n) is 4.57. The van der Waals surface area contributed by atoms with Gasteiger partial charge in [0.1, 0.15) is 0 Å². The summed E-state index contributed by atoms with van der Waals surface area (Å²) in [6.07, 6.45) is 0.875. The van der Waals surface area contributed by atoms with Crippen LogP contribution in [0.2, 0.25) is 5.02 Å². The molecule has 0 spiro atoms. The zero-order valence-electron chi connectivity index (χ0n) is 14.7. The number of carbonyl (C=O) groups is 1. The molecule has 1 aromatic heterocycles. The van der Waals surface area contributed by atoms with Gasteiger partial charge in [-0.3, -0.25) is 4.79 Å². The second-order valence-electron chi connectivity index (χ2n) is 6.42. The van der Waals surface area contributed by atoms with Gasteiger partial charge in [0.25, 0.3) is 0 Å². The first-order valence-electron chi connectivity index (χ1n) is 8.54. The molecule has 8 heteroatoms. The first kappa shape index (κ1) is 17.9. The summed E-state index contributed by atoms with van der Waals surface area (Å²) in [4.78, 5) is 14.7. The molecule has 0 bridgehead atoms. The number of para-hydroxylation sites is 1. The number of nitrogen functional groups attached to an aromatic ring is 1. The molecule has 27 heavy (non-hydrogen) atoms. The highest BCUT2D eigenvalue weighted by Crippen LogP contribution is 2.33.